The molecule has 0 amide bonds. The molecule has 0 unspecified atom stereocenters. The van der Waals surface area contributed by atoms with Crippen molar-refractivity contribution in [1.82, 2.24) is 8.84 Å². The van der Waals surface area contributed by atoms with Crippen molar-refractivity contribution in [2.45, 2.75) is 17.8 Å². The topological polar surface area (TPSA) is 6.48 Å². The van der Waals surface area contributed by atoms with Crippen LogP contribution in [0.15, 0.2) is 0 Å². The van der Waals surface area contributed by atoms with Gasteiger partial charge in [0.2, 0.25) is 17.8 Å². The fourth-order valence-corrected chi connectivity index (χ4v) is 3.70. The van der Waals surface area contributed by atoms with Crippen LogP contribution < -0.4 is 0 Å². The van der Waals surface area contributed by atoms with Crippen molar-refractivity contribution in [2.24, 2.45) is 0 Å². The SMILES string of the molecule is ClN1C(Cl)(Cl)C(Cl)(Cl)N(Cl)C(Cl)(Cl)C1(Cl)Cl.[Na]. The second kappa shape index (κ2) is 6.14. The van der Waals surface area contributed by atoms with Gasteiger partial charge in [-0.05, 0) is 23.6 Å². The maximum Gasteiger partial charge on any atom is 0.234 e. The maximum absolute atomic E-state index is 5.80. The van der Waals surface area contributed by atoms with Gasteiger partial charge in [-0.25, -0.2) is 0 Å². The van der Waals surface area contributed by atoms with Crippen LogP contribution in [0, 0.1) is 0 Å². The van der Waals surface area contributed by atoms with Gasteiger partial charge in [-0.3, -0.25) is 0 Å². The van der Waals surface area contributed by atoms with Gasteiger partial charge in [0.15, 0.2) is 0 Å². The first kappa shape index (κ1) is 20.8. The molecule has 1 fully saturated rings. The van der Waals surface area contributed by atoms with E-state index in [4.69, 9.17) is 116 Å². The zero-order valence-electron chi connectivity index (χ0n) is 7.67. The van der Waals surface area contributed by atoms with Gasteiger partial charge in [-0.2, -0.15) is 0 Å². The van der Waals surface area contributed by atoms with Crippen molar-refractivity contribution < 1.29 is 0 Å². The van der Waals surface area contributed by atoms with Crippen LogP contribution in [0.5, 0.6) is 0 Å². The van der Waals surface area contributed by atoms with E-state index in [2.05, 4.69) is 0 Å². The van der Waals surface area contributed by atoms with Crippen molar-refractivity contribution >= 4 is 146 Å². The Morgan fingerprint density at radius 3 is 0.706 bits per heavy atom. The molecule has 0 aromatic rings. The molecule has 1 saturated heterocycles. The number of hydrogen-bond donors (Lipinski definition) is 0. The van der Waals surface area contributed by atoms with Gasteiger partial charge in [-0.1, -0.05) is 92.8 Å². The average molecular weight is 454 g/mol. The average Bonchev–Trinajstić information content (AvgIpc) is 2.13. The van der Waals surface area contributed by atoms with E-state index in [1.807, 2.05) is 0 Å². The number of halogens is 10. The molecule has 1 aliphatic heterocycles. The molecule has 13 heteroatoms. The van der Waals surface area contributed by atoms with E-state index >= 15 is 0 Å². The fourth-order valence-electron chi connectivity index (χ4n) is 0.825. The summed E-state index contributed by atoms with van der Waals surface area (Å²) in [5.41, 5.74) is 0. The van der Waals surface area contributed by atoms with Crippen LogP contribution >= 0.6 is 116 Å². The Hall–Kier alpha value is 3.82. The molecule has 0 spiro atoms. The van der Waals surface area contributed by atoms with E-state index in [1.165, 1.54) is 0 Å². The minimum atomic E-state index is -2.17. The van der Waals surface area contributed by atoms with E-state index in [1.54, 1.807) is 0 Å². The van der Waals surface area contributed by atoms with Gasteiger partial charge in [0, 0.05) is 29.6 Å². The Kier molecular flexibility index (Phi) is 7.52. The molecule has 0 aromatic carbocycles. The molecular formula is C4Cl10N2Na. The van der Waals surface area contributed by atoms with Crippen LogP contribution in [-0.4, -0.2) is 56.2 Å². The van der Waals surface area contributed by atoms with Crippen LogP contribution in [0.3, 0.4) is 0 Å². The third-order valence-electron chi connectivity index (χ3n) is 1.71. The largest absolute Gasteiger partial charge is 0.234 e. The molecule has 1 radical (unpaired) electrons. The van der Waals surface area contributed by atoms with Gasteiger partial charge >= 0.3 is 0 Å². The molecule has 0 bridgehead atoms. The Bertz CT molecular complexity index is 247. The second-order valence-electron chi connectivity index (χ2n) is 2.73. The number of alkyl halides is 8. The summed E-state index contributed by atoms with van der Waals surface area (Å²) in [5, 5.41) is 0. The summed E-state index contributed by atoms with van der Waals surface area (Å²) in [4.78, 5) is 0. The predicted molar refractivity (Wildman–Crippen MR) is 78.9 cm³/mol. The molecule has 0 N–H and O–H groups in total. The summed E-state index contributed by atoms with van der Waals surface area (Å²) in [6.07, 6.45) is 0. The molecule has 0 saturated carbocycles. The summed E-state index contributed by atoms with van der Waals surface area (Å²) in [7, 11) is 0. The van der Waals surface area contributed by atoms with Crippen LogP contribution in [0.4, 0.5) is 0 Å². The van der Waals surface area contributed by atoms with Gasteiger partial charge in [-0.15, -0.1) is 8.84 Å². The molecular weight excluding hydrogens is 454 g/mol. The molecule has 2 nitrogen and oxygen atoms in total. The third-order valence-corrected chi connectivity index (χ3v) is 7.73. The van der Waals surface area contributed by atoms with E-state index in [0.29, 0.717) is 8.84 Å². The van der Waals surface area contributed by atoms with E-state index < -0.39 is 17.8 Å². The van der Waals surface area contributed by atoms with Crippen LogP contribution in [0.2, 0.25) is 0 Å². The molecule has 17 heavy (non-hydrogen) atoms. The minimum absolute atomic E-state index is 0. The summed E-state index contributed by atoms with van der Waals surface area (Å²) in [5.74, 6) is 0. The minimum Gasteiger partial charge on any atom is -0.143 e. The van der Waals surface area contributed by atoms with Crippen molar-refractivity contribution in [3.63, 3.8) is 0 Å². The predicted octanol–water partition coefficient (Wildman–Crippen LogP) is 5.06. The van der Waals surface area contributed by atoms with Crippen LogP contribution in [-0.2, 0) is 0 Å². The second-order valence-corrected chi connectivity index (χ2v) is 8.55. The molecule has 0 atom stereocenters. The van der Waals surface area contributed by atoms with Crippen molar-refractivity contribution in [1.29, 1.82) is 0 Å². The normalized spacial score (nSPS) is 30.7. The smallest absolute Gasteiger partial charge is 0.143 e. The Balaban J connectivity index is 0.00000256. The summed E-state index contributed by atoms with van der Waals surface area (Å²) >= 11 is 57.9. The first-order valence-electron chi connectivity index (χ1n) is 3.24. The zero-order chi connectivity index (χ0) is 13.2. The standard InChI is InChI=1S/C4Cl10N2.Na/c5-1(6)2(7,8)16(14)4(11,12)3(9,10)15(1)13;. The molecule has 1 aliphatic rings. The van der Waals surface area contributed by atoms with Crippen molar-refractivity contribution in [2.75, 3.05) is 0 Å². The number of rotatable bonds is 0. The van der Waals surface area contributed by atoms with Crippen molar-refractivity contribution in [3.05, 3.63) is 0 Å². The van der Waals surface area contributed by atoms with Gasteiger partial charge in [0.25, 0.3) is 0 Å². The zero-order valence-corrected chi connectivity index (χ0v) is 17.2. The first-order valence-corrected chi connectivity index (χ1v) is 6.94. The van der Waals surface area contributed by atoms with Gasteiger partial charge in [0.1, 0.15) is 0 Å². The Labute approximate surface area is 170 Å². The van der Waals surface area contributed by atoms with Gasteiger partial charge in [0.05, 0.1) is 0 Å². The molecule has 1 heterocycles. The van der Waals surface area contributed by atoms with E-state index in [-0.39, 0.29) is 29.6 Å². The Morgan fingerprint density at radius 1 is 0.471 bits per heavy atom. The molecule has 97 valence electrons. The molecule has 0 aromatic heterocycles. The maximum atomic E-state index is 5.80. The van der Waals surface area contributed by atoms with E-state index in [0.717, 1.165) is 0 Å². The quantitative estimate of drug-likeness (QED) is 0.219. The third kappa shape index (κ3) is 3.00. The molecule has 0 aliphatic carbocycles. The summed E-state index contributed by atoms with van der Waals surface area (Å²) < 4.78 is -7.75. The Morgan fingerprint density at radius 2 is 0.588 bits per heavy atom. The molecule has 1 rings (SSSR count). The van der Waals surface area contributed by atoms with E-state index in [9.17, 15) is 0 Å². The number of nitrogens with zero attached hydrogens (tertiary/aromatic N) is 2. The monoisotopic (exact) mass is 449 g/mol. The van der Waals surface area contributed by atoms with Crippen molar-refractivity contribution in [3.8, 4) is 0 Å². The van der Waals surface area contributed by atoms with Crippen LogP contribution in [0.1, 0.15) is 0 Å². The van der Waals surface area contributed by atoms with Gasteiger partial charge < -0.3 is 0 Å². The first-order chi connectivity index (χ1) is 6.81. The summed E-state index contributed by atoms with van der Waals surface area (Å²) in [6.45, 7) is 0. The van der Waals surface area contributed by atoms with Crippen LogP contribution in [0.25, 0.3) is 0 Å². The summed E-state index contributed by atoms with van der Waals surface area (Å²) in [6, 6.07) is 0. The fraction of sp³-hybridized carbons (Fsp3) is 1.00. The number of hydrogen-bond acceptors (Lipinski definition) is 2. The number of piperazine rings is 1.